The second kappa shape index (κ2) is 9.21. The van der Waals surface area contributed by atoms with Gasteiger partial charge in [0.05, 0.1) is 5.69 Å². The van der Waals surface area contributed by atoms with Gasteiger partial charge in [0.25, 0.3) is 0 Å². The second-order valence-electron chi connectivity index (χ2n) is 6.58. The molecule has 9 heteroatoms. The molecule has 0 aliphatic rings. The van der Waals surface area contributed by atoms with E-state index < -0.39 is 24.0 Å². The van der Waals surface area contributed by atoms with Gasteiger partial charge in [0.1, 0.15) is 18.3 Å². The van der Waals surface area contributed by atoms with Crippen LogP contribution in [0.5, 0.6) is 0 Å². The van der Waals surface area contributed by atoms with Crippen LogP contribution in [0.25, 0.3) is 11.5 Å². The summed E-state index contributed by atoms with van der Waals surface area (Å²) in [5.41, 5.74) is 0.927. The fourth-order valence-electron chi connectivity index (χ4n) is 2.59. The molecule has 1 unspecified atom stereocenters. The Hall–Kier alpha value is -2.09. The van der Waals surface area contributed by atoms with Gasteiger partial charge in [-0.2, -0.15) is 0 Å². The van der Waals surface area contributed by atoms with Gasteiger partial charge in [-0.3, -0.25) is 14.9 Å². The highest BCUT2D eigenvalue weighted by molar-refractivity contribution is 6.35. The zero-order valence-corrected chi connectivity index (χ0v) is 16.3. The van der Waals surface area contributed by atoms with Crippen LogP contribution < -0.4 is 5.32 Å². The molecular formula is C18H20Cl2N2O5. The third kappa shape index (κ3) is 6.23. The summed E-state index contributed by atoms with van der Waals surface area (Å²) in [6.07, 6.45) is 1.61. The number of oxazole rings is 1. The number of benzene rings is 1. The summed E-state index contributed by atoms with van der Waals surface area (Å²) in [5.74, 6) is -1.92. The smallest absolute Gasteiger partial charge is 0.321 e. The van der Waals surface area contributed by atoms with Gasteiger partial charge in [-0.05, 0) is 30.5 Å². The van der Waals surface area contributed by atoms with Crippen LogP contribution in [0.3, 0.4) is 0 Å². The maximum Gasteiger partial charge on any atom is 0.321 e. The summed E-state index contributed by atoms with van der Waals surface area (Å²) < 4.78 is 5.39. The van der Waals surface area contributed by atoms with Crippen molar-refractivity contribution in [2.45, 2.75) is 38.8 Å². The predicted octanol–water partition coefficient (Wildman–Crippen LogP) is 3.73. The number of hydrogen-bond donors (Lipinski definition) is 3. The highest BCUT2D eigenvalue weighted by Gasteiger charge is 2.27. The maximum atomic E-state index is 11.6. The molecule has 0 fully saturated rings. The van der Waals surface area contributed by atoms with Gasteiger partial charge in [-0.1, -0.05) is 37.0 Å². The number of carboxylic acids is 2. The lowest BCUT2D eigenvalue weighted by Crippen LogP contribution is -2.48. The number of nitrogens with zero attached hydrogens (tertiary/aromatic N) is 1. The minimum atomic E-state index is -1.17. The lowest BCUT2D eigenvalue weighted by atomic mass is 10.0. The summed E-state index contributed by atoms with van der Waals surface area (Å²) in [4.78, 5) is 27.2. The third-order valence-electron chi connectivity index (χ3n) is 3.78. The zero-order chi connectivity index (χ0) is 20.1. The molecule has 0 bridgehead atoms. The van der Waals surface area contributed by atoms with Crippen LogP contribution in [0, 0.1) is 5.92 Å². The monoisotopic (exact) mass is 414 g/mol. The van der Waals surface area contributed by atoms with Crippen LogP contribution in [0.2, 0.25) is 10.0 Å². The average Bonchev–Trinajstić information content (AvgIpc) is 3.00. The van der Waals surface area contributed by atoms with Crippen LogP contribution in [0.15, 0.2) is 28.9 Å². The molecule has 1 aromatic carbocycles. The van der Waals surface area contributed by atoms with E-state index in [-0.39, 0.29) is 18.2 Å². The molecule has 3 N–H and O–H groups in total. The summed E-state index contributed by atoms with van der Waals surface area (Å²) in [7, 11) is 0. The minimum Gasteiger partial charge on any atom is -0.480 e. The highest BCUT2D eigenvalue weighted by Crippen LogP contribution is 2.27. The Morgan fingerprint density at radius 1 is 1.11 bits per heavy atom. The molecule has 0 spiro atoms. The van der Waals surface area contributed by atoms with Gasteiger partial charge in [0.2, 0.25) is 5.89 Å². The Balaban J connectivity index is 2.16. The first-order valence-electron chi connectivity index (χ1n) is 8.28. The zero-order valence-electron chi connectivity index (χ0n) is 14.8. The van der Waals surface area contributed by atoms with Crippen molar-refractivity contribution in [3.8, 4) is 11.5 Å². The topological polar surface area (TPSA) is 113 Å². The van der Waals surface area contributed by atoms with E-state index >= 15 is 0 Å². The largest absolute Gasteiger partial charge is 0.480 e. The molecule has 1 aromatic heterocycles. The first-order chi connectivity index (χ1) is 12.7. The van der Waals surface area contributed by atoms with Gasteiger partial charge in [-0.15, -0.1) is 0 Å². The molecule has 7 nitrogen and oxygen atoms in total. The number of nitrogens with one attached hydrogen (secondary N) is 1. The Kier molecular flexibility index (Phi) is 7.24. The van der Waals surface area contributed by atoms with Gasteiger partial charge in [-0.25, -0.2) is 4.98 Å². The number of carboxylic acid groups (broad SMARTS) is 2. The molecule has 0 radical (unpaired) electrons. The summed E-state index contributed by atoms with van der Waals surface area (Å²) in [5, 5.41) is 22.3. The number of hydrogen-bond acceptors (Lipinski definition) is 5. The standard InChI is InChI=1S/C18H20Cl2N2O5/c1-9(2)3-14(17(23)24)22-15(18(25)26)7-13-8-27-16(21-13)10-4-11(19)6-12(20)5-10/h4-6,8-9,14-15,22H,3,7H2,1-2H3,(H,23,24)(H,25,26)/t14?,15-/m0/s1. The van der Waals surface area contributed by atoms with Crippen LogP contribution in [-0.2, 0) is 16.0 Å². The normalized spacial score (nSPS) is 13.5. The van der Waals surface area contributed by atoms with Crippen molar-refractivity contribution >= 4 is 35.1 Å². The van der Waals surface area contributed by atoms with Crippen molar-refractivity contribution in [2.75, 3.05) is 0 Å². The van der Waals surface area contributed by atoms with E-state index in [1.54, 1.807) is 18.2 Å². The Labute approximate surface area is 166 Å². The second-order valence-corrected chi connectivity index (χ2v) is 7.46. The van der Waals surface area contributed by atoms with Crippen molar-refractivity contribution in [3.05, 3.63) is 40.2 Å². The van der Waals surface area contributed by atoms with Gasteiger partial charge in [0.15, 0.2) is 0 Å². The van der Waals surface area contributed by atoms with E-state index in [0.717, 1.165) is 0 Å². The maximum absolute atomic E-state index is 11.6. The summed E-state index contributed by atoms with van der Waals surface area (Å²) >= 11 is 11.9. The lowest BCUT2D eigenvalue weighted by molar-refractivity contribution is -0.142. The molecule has 2 aromatic rings. The molecule has 2 atom stereocenters. The molecule has 0 amide bonds. The molecule has 1 heterocycles. The average molecular weight is 415 g/mol. The fourth-order valence-corrected chi connectivity index (χ4v) is 3.12. The van der Waals surface area contributed by atoms with Gasteiger partial charge in [0, 0.05) is 22.0 Å². The summed E-state index contributed by atoms with van der Waals surface area (Å²) in [6, 6.07) is 2.73. The molecule has 0 aliphatic heterocycles. The van der Waals surface area contributed by atoms with Gasteiger partial charge >= 0.3 is 11.9 Å². The quantitative estimate of drug-likeness (QED) is 0.572. The number of carbonyl (C=O) groups is 2. The molecule has 0 aliphatic carbocycles. The van der Waals surface area contributed by atoms with E-state index in [9.17, 15) is 19.8 Å². The Bertz CT molecular complexity index is 802. The molecule has 2 rings (SSSR count). The van der Waals surface area contributed by atoms with E-state index in [1.165, 1.54) is 6.26 Å². The van der Waals surface area contributed by atoms with E-state index in [2.05, 4.69) is 10.3 Å². The summed E-state index contributed by atoms with van der Waals surface area (Å²) in [6.45, 7) is 3.74. The number of rotatable bonds is 9. The third-order valence-corrected chi connectivity index (χ3v) is 4.22. The number of halogens is 2. The van der Waals surface area contributed by atoms with Crippen LogP contribution in [0.4, 0.5) is 0 Å². The van der Waals surface area contributed by atoms with Crippen LogP contribution in [-0.4, -0.2) is 39.2 Å². The van der Waals surface area contributed by atoms with Crippen molar-refractivity contribution in [1.29, 1.82) is 0 Å². The lowest BCUT2D eigenvalue weighted by Gasteiger charge is -2.21. The predicted molar refractivity (Wildman–Crippen MR) is 101 cm³/mol. The van der Waals surface area contributed by atoms with E-state index in [0.29, 0.717) is 27.7 Å². The van der Waals surface area contributed by atoms with E-state index in [4.69, 9.17) is 27.6 Å². The molecule has 27 heavy (non-hydrogen) atoms. The molecule has 0 saturated heterocycles. The first-order valence-corrected chi connectivity index (χ1v) is 9.03. The van der Waals surface area contributed by atoms with Crippen molar-refractivity contribution < 1.29 is 24.2 Å². The number of aliphatic carboxylic acids is 2. The van der Waals surface area contributed by atoms with Crippen molar-refractivity contribution in [2.24, 2.45) is 5.92 Å². The van der Waals surface area contributed by atoms with Crippen LogP contribution in [0.1, 0.15) is 26.0 Å². The molecule has 0 saturated carbocycles. The van der Waals surface area contributed by atoms with Crippen molar-refractivity contribution in [3.63, 3.8) is 0 Å². The molecule has 146 valence electrons. The van der Waals surface area contributed by atoms with Crippen molar-refractivity contribution in [1.82, 2.24) is 10.3 Å². The Morgan fingerprint density at radius 2 is 1.70 bits per heavy atom. The SMILES string of the molecule is CC(C)CC(N[C@@H](Cc1coc(-c2cc(Cl)cc(Cl)c2)n1)C(=O)O)C(=O)O. The Morgan fingerprint density at radius 3 is 2.22 bits per heavy atom. The minimum absolute atomic E-state index is 0.0327. The highest BCUT2D eigenvalue weighted by atomic mass is 35.5. The number of aromatic nitrogens is 1. The molecular weight excluding hydrogens is 395 g/mol. The fraction of sp³-hybridized carbons (Fsp3) is 0.389. The van der Waals surface area contributed by atoms with E-state index in [1.807, 2.05) is 13.8 Å². The first kappa shape index (κ1) is 21.2. The van der Waals surface area contributed by atoms with Crippen LogP contribution >= 0.6 is 23.2 Å². The van der Waals surface area contributed by atoms with Gasteiger partial charge < -0.3 is 14.6 Å².